The monoisotopic (exact) mass is 299 g/mol. The third-order valence-electron chi connectivity index (χ3n) is 2.92. The number of nitrogens with zero attached hydrogens (tertiary/aromatic N) is 2. The summed E-state index contributed by atoms with van der Waals surface area (Å²) in [5, 5.41) is 5.59. The molecule has 3 rings (SSSR count). The number of anilines is 1. The van der Waals surface area contributed by atoms with E-state index in [-0.39, 0.29) is 0 Å². The number of thiazole rings is 1. The van der Waals surface area contributed by atoms with Crippen LogP contribution >= 0.6 is 35.9 Å². The van der Waals surface area contributed by atoms with Crippen LogP contribution in [0.3, 0.4) is 0 Å². The van der Waals surface area contributed by atoms with E-state index in [0.29, 0.717) is 0 Å². The van der Waals surface area contributed by atoms with Crippen LogP contribution in [0.2, 0.25) is 0 Å². The third kappa shape index (κ3) is 2.21. The normalized spacial score (nSPS) is 16.4. The highest BCUT2D eigenvalue weighted by Crippen LogP contribution is 2.37. The molecular weight excluding hydrogens is 286 g/mol. The fourth-order valence-electron chi connectivity index (χ4n) is 2.10. The minimum Gasteiger partial charge on any atom is -0.378 e. The quantitative estimate of drug-likeness (QED) is 0.659. The zero-order valence-corrected chi connectivity index (χ0v) is 12.2. The van der Waals surface area contributed by atoms with Crippen molar-refractivity contribution in [2.75, 3.05) is 31.2 Å². The van der Waals surface area contributed by atoms with E-state index in [2.05, 4.69) is 28.6 Å². The minimum atomic E-state index is 0.756. The summed E-state index contributed by atoms with van der Waals surface area (Å²) in [6, 6.07) is 4.08. The molecule has 0 radical (unpaired) electrons. The van der Waals surface area contributed by atoms with E-state index >= 15 is 0 Å². The number of hydrogen-bond donors (Lipinski definition) is 2. The largest absolute Gasteiger partial charge is 0.378 e. The molecule has 1 aromatic carbocycles. The summed E-state index contributed by atoms with van der Waals surface area (Å²) in [5.74, 6) is 0. The van der Waals surface area contributed by atoms with Crippen LogP contribution in [0.25, 0.3) is 10.2 Å². The lowest BCUT2D eigenvalue weighted by atomic mass is 10.2. The van der Waals surface area contributed by atoms with Crippen LogP contribution in [0, 0.1) is 0 Å². The minimum absolute atomic E-state index is 0.756. The molecule has 1 aliphatic rings. The van der Waals surface area contributed by atoms with Gasteiger partial charge in [0, 0.05) is 18.0 Å². The molecule has 1 fully saturated rings. The van der Waals surface area contributed by atoms with E-state index in [4.69, 9.17) is 9.88 Å². The first-order chi connectivity index (χ1) is 8.79. The Kier molecular flexibility index (Phi) is 3.67. The van der Waals surface area contributed by atoms with E-state index in [1.807, 2.05) is 6.07 Å². The number of morpholine rings is 1. The molecule has 7 heteroatoms. The molecule has 2 heterocycles. The Morgan fingerprint density at radius 3 is 2.89 bits per heavy atom. The molecule has 0 aliphatic carbocycles. The zero-order chi connectivity index (χ0) is 12.5. The van der Waals surface area contributed by atoms with Gasteiger partial charge in [0.05, 0.1) is 23.6 Å². The molecule has 0 unspecified atom stereocenters. The van der Waals surface area contributed by atoms with Crippen molar-refractivity contribution in [1.82, 2.24) is 4.98 Å². The molecule has 1 saturated heterocycles. The maximum Gasteiger partial charge on any atom is 0.165 e. The van der Waals surface area contributed by atoms with Crippen molar-refractivity contribution in [2.45, 2.75) is 9.24 Å². The standard InChI is InChI=1S/C11H13N3OS3/c12-18-11-13-9-8(17-11)2-1-7(16)10(9)14-3-5-15-6-4-14/h1-2,16H,3-6,12H2. The van der Waals surface area contributed by atoms with Crippen molar-refractivity contribution in [3.63, 3.8) is 0 Å². The summed E-state index contributed by atoms with van der Waals surface area (Å²) < 4.78 is 7.43. The summed E-state index contributed by atoms with van der Waals surface area (Å²) >= 11 is 7.38. The van der Waals surface area contributed by atoms with E-state index < -0.39 is 0 Å². The smallest absolute Gasteiger partial charge is 0.165 e. The van der Waals surface area contributed by atoms with Crippen LogP contribution in [0.1, 0.15) is 0 Å². The van der Waals surface area contributed by atoms with Crippen LogP contribution in [-0.4, -0.2) is 31.3 Å². The fraction of sp³-hybridized carbons (Fsp3) is 0.364. The summed E-state index contributed by atoms with van der Waals surface area (Å²) in [6.07, 6.45) is 0. The second-order valence-electron chi connectivity index (χ2n) is 3.98. The first kappa shape index (κ1) is 12.6. The van der Waals surface area contributed by atoms with Gasteiger partial charge in [-0.1, -0.05) is 0 Å². The van der Waals surface area contributed by atoms with Gasteiger partial charge in [0.1, 0.15) is 5.52 Å². The second-order valence-corrected chi connectivity index (χ2v) is 6.37. The number of thiol groups is 1. The summed E-state index contributed by atoms with van der Waals surface area (Å²) in [4.78, 5) is 7.84. The first-order valence-corrected chi connectivity index (χ1v) is 7.76. The van der Waals surface area contributed by atoms with E-state index in [0.717, 1.165) is 51.4 Å². The molecule has 0 bridgehead atoms. The fourth-order valence-corrected chi connectivity index (χ4v) is 3.73. The summed E-state index contributed by atoms with van der Waals surface area (Å²) in [6.45, 7) is 3.28. The molecule has 2 N–H and O–H groups in total. The highest BCUT2D eigenvalue weighted by atomic mass is 32.2. The number of rotatable bonds is 2. The van der Waals surface area contributed by atoms with Crippen LogP contribution < -0.4 is 10.0 Å². The van der Waals surface area contributed by atoms with Gasteiger partial charge in [-0.05, 0) is 24.1 Å². The Labute approximate surface area is 119 Å². The SMILES string of the molecule is NSc1nc2c(N3CCOCC3)c(S)ccc2s1. The number of ether oxygens (including phenoxy) is 1. The van der Waals surface area contributed by atoms with Crippen molar-refractivity contribution < 1.29 is 4.74 Å². The van der Waals surface area contributed by atoms with Gasteiger partial charge in [-0.3, -0.25) is 5.14 Å². The number of benzene rings is 1. The Bertz CT molecular complexity index is 566. The van der Waals surface area contributed by atoms with Crippen molar-refractivity contribution in [3.05, 3.63) is 12.1 Å². The molecule has 0 saturated carbocycles. The topological polar surface area (TPSA) is 51.4 Å². The molecule has 1 aliphatic heterocycles. The molecule has 0 amide bonds. The van der Waals surface area contributed by atoms with Crippen molar-refractivity contribution >= 4 is 51.8 Å². The van der Waals surface area contributed by atoms with Gasteiger partial charge in [0.2, 0.25) is 0 Å². The highest BCUT2D eigenvalue weighted by molar-refractivity contribution is 7.99. The molecule has 1 aromatic heterocycles. The van der Waals surface area contributed by atoms with Crippen molar-refractivity contribution in [2.24, 2.45) is 5.14 Å². The Morgan fingerprint density at radius 2 is 2.17 bits per heavy atom. The van der Waals surface area contributed by atoms with Crippen LogP contribution in [0.4, 0.5) is 5.69 Å². The van der Waals surface area contributed by atoms with Crippen molar-refractivity contribution in [1.29, 1.82) is 0 Å². The third-order valence-corrected chi connectivity index (χ3v) is 4.93. The van der Waals surface area contributed by atoms with Crippen molar-refractivity contribution in [3.8, 4) is 0 Å². The number of aromatic nitrogens is 1. The van der Waals surface area contributed by atoms with Gasteiger partial charge in [-0.25, -0.2) is 4.98 Å². The molecular formula is C11H13N3OS3. The first-order valence-electron chi connectivity index (χ1n) is 5.61. The average Bonchev–Trinajstić information content (AvgIpc) is 2.82. The lowest BCUT2D eigenvalue weighted by Gasteiger charge is -2.30. The second kappa shape index (κ2) is 5.26. The molecule has 2 aromatic rings. The molecule has 0 atom stereocenters. The number of fused-ring (bicyclic) bond motifs is 1. The maximum atomic E-state index is 5.59. The molecule has 18 heavy (non-hydrogen) atoms. The van der Waals surface area contributed by atoms with Gasteiger partial charge in [0.15, 0.2) is 4.34 Å². The predicted octanol–water partition coefficient (Wildman–Crippen LogP) is 2.39. The molecule has 96 valence electrons. The average molecular weight is 299 g/mol. The molecule has 0 spiro atoms. The zero-order valence-electron chi connectivity index (χ0n) is 9.63. The lowest BCUT2D eigenvalue weighted by molar-refractivity contribution is 0.122. The van der Waals surface area contributed by atoms with Gasteiger partial charge < -0.3 is 9.64 Å². The highest BCUT2D eigenvalue weighted by Gasteiger charge is 2.19. The van der Waals surface area contributed by atoms with Gasteiger partial charge >= 0.3 is 0 Å². The maximum absolute atomic E-state index is 5.59. The predicted molar refractivity (Wildman–Crippen MR) is 79.9 cm³/mol. The van der Waals surface area contributed by atoms with E-state index in [1.54, 1.807) is 11.3 Å². The Balaban J connectivity index is 2.12. The van der Waals surface area contributed by atoms with Gasteiger partial charge in [0.25, 0.3) is 0 Å². The Morgan fingerprint density at radius 1 is 1.39 bits per heavy atom. The summed E-state index contributed by atoms with van der Waals surface area (Å²) in [7, 11) is 0. The van der Waals surface area contributed by atoms with Crippen LogP contribution in [0.5, 0.6) is 0 Å². The van der Waals surface area contributed by atoms with Gasteiger partial charge in [-0.15, -0.1) is 24.0 Å². The number of nitrogens with two attached hydrogens (primary N) is 1. The lowest BCUT2D eigenvalue weighted by Crippen LogP contribution is -2.36. The van der Waals surface area contributed by atoms with E-state index in [1.165, 1.54) is 11.9 Å². The van der Waals surface area contributed by atoms with Crippen LogP contribution in [0.15, 0.2) is 21.4 Å². The van der Waals surface area contributed by atoms with Gasteiger partial charge in [-0.2, -0.15) is 0 Å². The Hall–Kier alpha value is -0.470. The van der Waals surface area contributed by atoms with Crippen LogP contribution in [-0.2, 0) is 4.74 Å². The summed E-state index contributed by atoms with van der Waals surface area (Å²) in [5.41, 5.74) is 2.11. The van der Waals surface area contributed by atoms with E-state index in [9.17, 15) is 0 Å². The molecule has 4 nitrogen and oxygen atoms in total. The number of hydrogen-bond acceptors (Lipinski definition) is 7.